The van der Waals surface area contributed by atoms with Gasteiger partial charge in [-0.3, -0.25) is 4.98 Å². The van der Waals surface area contributed by atoms with Crippen LogP contribution in [0, 0.1) is 26.8 Å². The molecule has 3 aromatic heterocycles. The molecule has 0 fully saturated rings. The molecule has 5 rings (SSSR count). The molecule has 0 N–H and O–H groups in total. The molecule has 5 nitrogen and oxygen atoms in total. The fraction of sp³-hybridized carbons (Fsp3) is 0.136. The summed E-state index contributed by atoms with van der Waals surface area (Å²) in [5.74, 6) is 0.788. The Labute approximate surface area is 176 Å². The van der Waals surface area contributed by atoms with Crippen LogP contribution in [0.4, 0.5) is 0 Å². The molecule has 3 heterocycles. The van der Waals surface area contributed by atoms with Crippen molar-refractivity contribution in [2.24, 2.45) is 0 Å². The predicted molar refractivity (Wildman–Crippen MR) is 103 cm³/mol. The minimum Gasteiger partial charge on any atom is -0.464 e. The second-order valence-electron chi connectivity index (χ2n) is 6.82. The van der Waals surface area contributed by atoms with E-state index in [0.717, 1.165) is 33.8 Å². The zero-order valence-corrected chi connectivity index (χ0v) is 18.1. The van der Waals surface area contributed by atoms with Gasteiger partial charge in [0, 0.05) is 31.7 Å². The van der Waals surface area contributed by atoms with E-state index in [1.165, 1.54) is 23.1 Å². The molecule has 0 aliphatic rings. The topological polar surface area (TPSA) is 48.0 Å². The molecular weight excluding hydrogens is 528 g/mol. The molecule has 0 aliphatic carbocycles. The SMILES string of the molecule is Cc1cc(C)c(-n2c(-c3[c-]ccc4ocnc34)nc3cccc[n+]32)c(C)c1.[Ir]. The number of benzene rings is 2. The summed E-state index contributed by atoms with van der Waals surface area (Å²) in [5.41, 5.74) is 7.92. The summed E-state index contributed by atoms with van der Waals surface area (Å²) in [6, 6.07) is 17.4. The van der Waals surface area contributed by atoms with Crippen LogP contribution in [0.3, 0.4) is 0 Å². The Kier molecular flexibility index (Phi) is 4.61. The zero-order valence-electron chi connectivity index (χ0n) is 15.7. The molecule has 0 amide bonds. The average molecular weight is 547 g/mol. The molecule has 5 aromatic rings. The first-order valence-electron chi connectivity index (χ1n) is 8.85. The maximum Gasteiger partial charge on any atom is 0.338 e. The van der Waals surface area contributed by atoms with E-state index in [4.69, 9.17) is 9.40 Å². The van der Waals surface area contributed by atoms with Crippen molar-refractivity contribution in [3.8, 4) is 17.1 Å². The summed E-state index contributed by atoms with van der Waals surface area (Å²) in [4.78, 5) is 9.31. The molecule has 0 saturated heterocycles. The number of fused-ring (bicyclic) bond motifs is 2. The molecule has 0 spiro atoms. The van der Waals surface area contributed by atoms with Crippen molar-refractivity contribution in [1.82, 2.24) is 14.6 Å². The Morgan fingerprint density at radius 1 is 1.07 bits per heavy atom. The van der Waals surface area contributed by atoms with Crippen molar-refractivity contribution >= 4 is 16.7 Å². The minimum atomic E-state index is 0. The number of pyridine rings is 1. The van der Waals surface area contributed by atoms with Crippen LogP contribution in [0.2, 0.25) is 0 Å². The van der Waals surface area contributed by atoms with Crippen molar-refractivity contribution in [3.05, 3.63) is 77.8 Å². The van der Waals surface area contributed by atoms with Gasteiger partial charge >= 0.3 is 5.65 Å². The molecular formula is C22H18IrN4O. The van der Waals surface area contributed by atoms with Gasteiger partial charge in [-0.25, -0.2) is 0 Å². The van der Waals surface area contributed by atoms with E-state index >= 15 is 0 Å². The number of rotatable bonds is 2. The summed E-state index contributed by atoms with van der Waals surface area (Å²) < 4.78 is 9.69. The molecule has 0 aliphatic heterocycles. The Morgan fingerprint density at radius 2 is 1.86 bits per heavy atom. The minimum absolute atomic E-state index is 0. The molecule has 6 heteroatoms. The van der Waals surface area contributed by atoms with Gasteiger partial charge in [0.25, 0.3) is 0 Å². The van der Waals surface area contributed by atoms with E-state index in [1.54, 1.807) is 0 Å². The molecule has 0 atom stereocenters. The number of aryl methyl sites for hydroxylation is 3. The number of aromatic nitrogens is 4. The molecule has 0 saturated carbocycles. The first-order valence-corrected chi connectivity index (χ1v) is 8.85. The third kappa shape index (κ3) is 2.77. The predicted octanol–water partition coefficient (Wildman–Crippen LogP) is 4.14. The summed E-state index contributed by atoms with van der Waals surface area (Å²) in [6.45, 7) is 6.39. The number of oxazole rings is 1. The second-order valence-corrected chi connectivity index (χ2v) is 6.82. The number of nitrogens with zero attached hydrogens (tertiary/aromatic N) is 4. The summed E-state index contributed by atoms with van der Waals surface area (Å²) in [7, 11) is 0. The van der Waals surface area contributed by atoms with E-state index in [0.29, 0.717) is 0 Å². The Balaban J connectivity index is 0.00000192. The van der Waals surface area contributed by atoms with Crippen LogP contribution in [-0.4, -0.2) is 14.6 Å². The molecule has 1 radical (unpaired) electrons. The fourth-order valence-electron chi connectivity index (χ4n) is 3.82. The third-order valence-corrected chi connectivity index (χ3v) is 4.82. The standard InChI is InChI=1S/C22H18N4O.Ir/c1-14-11-15(2)21(16(3)12-14)26-22(24-19-9-4-5-10-25(19)26)17-7-6-8-18-20(17)23-13-27-18;/h4-6,8-13H,1-3H3;. The van der Waals surface area contributed by atoms with Gasteiger partial charge in [0.1, 0.15) is 6.20 Å². The van der Waals surface area contributed by atoms with E-state index < -0.39 is 0 Å². The zero-order chi connectivity index (χ0) is 18.5. The van der Waals surface area contributed by atoms with Crippen LogP contribution in [0.15, 0.2) is 59.5 Å². The van der Waals surface area contributed by atoms with E-state index in [9.17, 15) is 0 Å². The van der Waals surface area contributed by atoms with Crippen LogP contribution in [0.5, 0.6) is 0 Å². The first kappa shape index (κ1) is 18.5. The largest absolute Gasteiger partial charge is 0.464 e. The summed E-state index contributed by atoms with van der Waals surface area (Å²) in [5, 5.41) is 0. The first-order chi connectivity index (χ1) is 13.1. The average Bonchev–Trinajstić information content (AvgIpc) is 3.26. The van der Waals surface area contributed by atoms with Crippen LogP contribution < -0.4 is 4.52 Å². The quantitative estimate of drug-likeness (QED) is 0.247. The van der Waals surface area contributed by atoms with Crippen LogP contribution in [-0.2, 0) is 20.1 Å². The maximum absolute atomic E-state index is 5.49. The van der Waals surface area contributed by atoms with Gasteiger partial charge in [-0.2, -0.15) is 4.68 Å². The second kappa shape index (κ2) is 6.97. The van der Waals surface area contributed by atoms with Gasteiger partial charge in [0.05, 0.1) is 11.3 Å². The van der Waals surface area contributed by atoms with E-state index in [2.05, 4.69) is 53.2 Å². The van der Waals surface area contributed by atoms with Crippen molar-refractivity contribution in [2.45, 2.75) is 20.8 Å². The van der Waals surface area contributed by atoms with Gasteiger partial charge in [0.15, 0.2) is 6.39 Å². The summed E-state index contributed by atoms with van der Waals surface area (Å²) in [6.07, 6.45) is 3.48. The Hall–Kier alpha value is -2.82. The van der Waals surface area contributed by atoms with E-state index in [1.807, 2.05) is 36.5 Å². The van der Waals surface area contributed by atoms with Gasteiger partial charge in [-0.15, -0.1) is 16.6 Å². The maximum atomic E-state index is 5.49. The van der Waals surface area contributed by atoms with Gasteiger partial charge in [-0.1, -0.05) is 34.8 Å². The van der Waals surface area contributed by atoms with Crippen molar-refractivity contribution < 1.29 is 29.0 Å². The van der Waals surface area contributed by atoms with Gasteiger partial charge in [-0.05, 0) is 43.5 Å². The number of hydrogen-bond acceptors (Lipinski definition) is 3. The fourth-order valence-corrected chi connectivity index (χ4v) is 3.82. The van der Waals surface area contributed by atoms with Gasteiger partial charge in [0.2, 0.25) is 5.82 Å². The molecule has 2 aromatic carbocycles. The van der Waals surface area contributed by atoms with Crippen LogP contribution in [0.1, 0.15) is 16.7 Å². The molecule has 0 unspecified atom stereocenters. The summed E-state index contributed by atoms with van der Waals surface area (Å²) >= 11 is 0. The molecule has 141 valence electrons. The molecule has 0 bridgehead atoms. The smallest absolute Gasteiger partial charge is 0.338 e. The van der Waals surface area contributed by atoms with Crippen molar-refractivity contribution in [3.63, 3.8) is 0 Å². The monoisotopic (exact) mass is 547 g/mol. The Morgan fingerprint density at radius 3 is 2.64 bits per heavy atom. The van der Waals surface area contributed by atoms with E-state index in [-0.39, 0.29) is 20.1 Å². The molecule has 28 heavy (non-hydrogen) atoms. The third-order valence-electron chi connectivity index (χ3n) is 4.82. The number of hydrogen-bond donors (Lipinski definition) is 0. The van der Waals surface area contributed by atoms with Gasteiger partial charge < -0.3 is 4.42 Å². The normalized spacial score (nSPS) is 11.1. The van der Waals surface area contributed by atoms with Crippen molar-refractivity contribution in [2.75, 3.05) is 0 Å². The van der Waals surface area contributed by atoms with Crippen molar-refractivity contribution in [1.29, 1.82) is 0 Å². The van der Waals surface area contributed by atoms with Crippen LogP contribution in [0.25, 0.3) is 33.8 Å². The van der Waals surface area contributed by atoms with Crippen LogP contribution >= 0.6 is 0 Å². The Bertz CT molecular complexity index is 1300.